The maximum atomic E-state index is 11.0. The summed E-state index contributed by atoms with van der Waals surface area (Å²) in [5, 5.41) is 7.73. The Balaban J connectivity index is 0. The number of fused-ring (bicyclic) bond motifs is 3. The van der Waals surface area contributed by atoms with Crippen LogP contribution in [0.1, 0.15) is 186 Å². The van der Waals surface area contributed by atoms with E-state index in [9.17, 15) is 24.0 Å². The zero-order valence-electron chi connectivity index (χ0n) is 48.9. The quantitative estimate of drug-likeness (QED) is 0.0492. The Morgan fingerprint density at radius 1 is 0.827 bits per heavy atom. The van der Waals surface area contributed by atoms with E-state index in [0.717, 1.165) is 65.4 Å². The second-order valence-corrected chi connectivity index (χ2v) is 21.4. The Morgan fingerprint density at radius 3 is 1.65 bits per heavy atom. The van der Waals surface area contributed by atoms with Gasteiger partial charge in [-0.25, -0.2) is 4.79 Å². The van der Waals surface area contributed by atoms with Gasteiger partial charge in [0.2, 0.25) is 5.91 Å². The van der Waals surface area contributed by atoms with Crippen LogP contribution in [0, 0.1) is 77.5 Å². The third-order valence-corrected chi connectivity index (χ3v) is 12.1. The summed E-state index contributed by atoms with van der Waals surface area (Å²) in [5.41, 5.74) is 12.5. The van der Waals surface area contributed by atoms with E-state index in [-0.39, 0.29) is 48.8 Å². The molecule has 0 bridgehead atoms. The number of rotatable bonds is 9. The number of hydroxylamine groups is 2. The minimum Gasteiger partial charge on any atom is -0.463 e. The summed E-state index contributed by atoms with van der Waals surface area (Å²) in [7, 11) is 0. The number of azide groups is 1. The van der Waals surface area contributed by atoms with Crippen molar-refractivity contribution in [2.24, 2.45) is 46.5 Å². The van der Waals surface area contributed by atoms with Crippen molar-refractivity contribution in [2.75, 3.05) is 10.2 Å². The summed E-state index contributed by atoms with van der Waals surface area (Å²) in [6.07, 6.45) is 10.9. The number of imide groups is 1. The van der Waals surface area contributed by atoms with Gasteiger partial charge in [-0.3, -0.25) is 19.2 Å². The number of hydrogen-bond acceptors (Lipinski definition) is 9. The number of nitrogens with zero attached hydrogens (tertiary/aromatic N) is 5. The Labute approximate surface area is 461 Å². The molecule has 2 aromatic rings. The summed E-state index contributed by atoms with van der Waals surface area (Å²) in [6, 6.07) is 17.7. The van der Waals surface area contributed by atoms with Crippen LogP contribution in [0.3, 0.4) is 0 Å². The van der Waals surface area contributed by atoms with Crippen molar-refractivity contribution >= 4 is 51.3 Å². The van der Waals surface area contributed by atoms with Crippen LogP contribution >= 0.6 is 15.9 Å². The monoisotopic (exact) mass is 1100 g/mol. The standard InChI is InChI=1S/C18H17N.C12H18.C8H11NO4.C6H13NO.C5H10O2.C5H8.C4H9Br.C3H7N3/c1-14(2)19-13-17-9-4-3-7-15(17)11-12-16-8-5-6-10-18(16)19;1-9(2)12-10-7-5-3-4-6-8-11(10)12;1-5(2)8(12)13-9-6(10)3-4-7(9)11;1-4-6(8)7-5(2)3;1-4(2)7-5(3)6;1-4-5(2)3;1-4(2)3-5;1-3(2)5-6-4/h3-10,14H,13H2,1-2H3;9-12H,5-8H2,1-2H3;5H,3-4H2,1-2H3;5H,4H2,1-3H3,(H,7,8);4H,1-3H3;1,5H,2-3H3;4H,3H2,1-2H3;3H,1-2H3/t;10-,11+,12?;;;;;;. The highest BCUT2D eigenvalue weighted by molar-refractivity contribution is 9.09. The molecule has 2 aliphatic carbocycles. The number of amides is 3. The number of alkyl halides is 1. The Morgan fingerprint density at radius 2 is 1.31 bits per heavy atom. The van der Waals surface area contributed by atoms with E-state index in [2.05, 4.69) is 165 Å². The molecule has 3 atom stereocenters. The molecule has 14 heteroatoms. The minimum absolute atomic E-state index is 0.0255. The summed E-state index contributed by atoms with van der Waals surface area (Å²) < 4.78 is 4.61. The van der Waals surface area contributed by atoms with Crippen molar-refractivity contribution < 1.29 is 33.5 Å². The van der Waals surface area contributed by atoms with Crippen LogP contribution in [0.25, 0.3) is 10.4 Å². The molecule has 4 aliphatic rings. The molecule has 13 nitrogen and oxygen atoms in total. The first-order valence-electron chi connectivity index (χ1n) is 26.7. The van der Waals surface area contributed by atoms with Gasteiger partial charge in [0, 0.05) is 91.0 Å². The molecule has 6 rings (SSSR count). The Kier molecular flexibility index (Phi) is 38.6. The SMILES string of the molecule is C#CC(C)C.CC(=O)OC(C)C.CC(C)C(=O)ON1C(=O)CCC1=O.CC(C)C1[C@H]2CCC#CCC[C@@H]12.CC(C)CBr.CC(C)N1Cc2ccccc2C#Cc2ccccc21.CC(C)N=[N+]=[N-].CCC(=O)NC(C)C. The molecule has 2 heterocycles. The lowest BCUT2D eigenvalue weighted by Gasteiger charge is -2.31. The third-order valence-electron chi connectivity index (χ3n) is 10.8. The minimum atomic E-state index is -0.566. The fraction of sp³-hybridized carbons (Fsp3) is 0.623. The van der Waals surface area contributed by atoms with Gasteiger partial charge in [0.05, 0.1) is 17.7 Å². The highest BCUT2D eigenvalue weighted by Gasteiger charge is 2.49. The van der Waals surface area contributed by atoms with E-state index >= 15 is 0 Å². The summed E-state index contributed by atoms with van der Waals surface area (Å²) in [6.45, 7) is 36.2. The van der Waals surface area contributed by atoms with Gasteiger partial charge < -0.3 is 19.8 Å². The van der Waals surface area contributed by atoms with E-state index in [1.54, 1.807) is 13.8 Å². The maximum absolute atomic E-state index is 11.0. The Hall–Kier alpha value is -5.74. The average Bonchev–Trinajstić information content (AvgIpc) is 3.91. The van der Waals surface area contributed by atoms with E-state index in [0.29, 0.717) is 23.4 Å². The number of ether oxygens (including phenoxy) is 1. The van der Waals surface area contributed by atoms with Gasteiger partial charge in [-0.15, -0.1) is 29.2 Å². The van der Waals surface area contributed by atoms with E-state index < -0.39 is 17.8 Å². The second-order valence-electron chi connectivity index (χ2n) is 20.8. The van der Waals surface area contributed by atoms with Crippen molar-refractivity contribution in [3.8, 4) is 36.0 Å². The lowest BCUT2D eigenvalue weighted by Crippen LogP contribution is -2.33. The molecule has 2 fully saturated rings. The summed E-state index contributed by atoms with van der Waals surface area (Å²) in [4.78, 5) is 63.1. The molecule has 416 valence electrons. The van der Waals surface area contributed by atoms with Gasteiger partial charge in [0.15, 0.2) is 0 Å². The fourth-order valence-corrected chi connectivity index (χ4v) is 7.12. The molecule has 1 saturated heterocycles. The van der Waals surface area contributed by atoms with Gasteiger partial charge in [-0.2, -0.15) is 0 Å². The van der Waals surface area contributed by atoms with Crippen molar-refractivity contribution in [3.05, 3.63) is 75.7 Å². The largest absolute Gasteiger partial charge is 0.463 e. The van der Waals surface area contributed by atoms with Crippen LogP contribution in [0.5, 0.6) is 0 Å². The predicted octanol–water partition coefficient (Wildman–Crippen LogP) is 14.0. The van der Waals surface area contributed by atoms with Crippen LogP contribution in [0.15, 0.2) is 53.6 Å². The fourth-order valence-electron chi connectivity index (χ4n) is 7.12. The van der Waals surface area contributed by atoms with Crippen LogP contribution in [-0.2, 0) is 40.1 Å². The normalized spacial score (nSPS) is 16.1. The summed E-state index contributed by atoms with van der Waals surface area (Å²) in [5.74, 6) is 19.0. The first kappa shape index (κ1) is 71.3. The molecule has 2 aliphatic heterocycles. The zero-order valence-corrected chi connectivity index (χ0v) is 50.5. The molecular formula is C61H93BrN6O7. The van der Waals surface area contributed by atoms with Crippen molar-refractivity contribution in [1.82, 2.24) is 10.4 Å². The number of terminal acetylenes is 1. The lowest BCUT2D eigenvalue weighted by atomic mass is 10.0. The second kappa shape index (κ2) is 40.6. The molecule has 75 heavy (non-hydrogen) atoms. The molecule has 1 N–H and O–H groups in total. The van der Waals surface area contributed by atoms with Crippen LogP contribution in [-0.4, -0.2) is 64.3 Å². The molecular weight excluding hydrogens is 1010 g/mol. The highest BCUT2D eigenvalue weighted by Crippen LogP contribution is 2.56. The molecule has 0 aromatic heterocycles. The zero-order chi connectivity index (χ0) is 57.8. The lowest BCUT2D eigenvalue weighted by molar-refractivity contribution is -0.199. The molecule has 0 spiro atoms. The van der Waals surface area contributed by atoms with Gasteiger partial charge >= 0.3 is 11.9 Å². The first-order valence-corrected chi connectivity index (χ1v) is 27.8. The topological polar surface area (TPSA) is 171 Å². The maximum Gasteiger partial charge on any atom is 0.335 e. The van der Waals surface area contributed by atoms with Crippen LogP contribution in [0.2, 0.25) is 0 Å². The van der Waals surface area contributed by atoms with Crippen LogP contribution in [0.4, 0.5) is 5.69 Å². The predicted molar refractivity (Wildman–Crippen MR) is 311 cm³/mol. The van der Waals surface area contributed by atoms with Crippen molar-refractivity contribution in [2.45, 2.75) is 200 Å². The van der Waals surface area contributed by atoms with Gasteiger partial charge in [0.25, 0.3) is 11.8 Å². The highest BCUT2D eigenvalue weighted by atomic mass is 79.9. The first-order chi connectivity index (χ1) is 35.2. The molecule has 0 radical (unpaired) electrons. The smallest absolute Gasteiger partial charge is 0.335 e. The number of carbonyl (C=O) groups is 5. The number of para-hydroxylation sites is 1. The average molecular weight is 1100 g/mol. The van der Waals surface area contributed by atoms with E-state index in [1.807, 2.05) is 62.3 Å². The third kappa shape index (κ3) is 33.7. The molecule has 3 amide bonds. The van der Waals surface area contributed by atoms with Gasteiger partial charge in [-0.1, -0.05) is 139 Å². The van der Waals surface area contributed by atoms with E-state index in [1.165, 1.54) is 31.0 Å². The van der Waals surface area contributed by atoms with Crippen molar-refractivity contribution in [3.63, 3.8) is 0 Å². The van der Waals surface area contributed by atoms with Crippen molar-refractivity contribution in [1.29, 1.82) is 0 Å². The molecule has 1 saturated carbocycles. The number of esters is 1. The van der Waals surface area contributed by atoms with Gasteiger partial charge in [-0.05, 0) is 113 Å². The Bertz CT molecular complexity index is 2200. The summed E-state index contributed by atoms with van der Waals surface area (Å²) >= 11 is 3.31. The number of benzene rings is 2. The number of carbonyl (C=O) groups excluding carboxylic acids is 5. The number of halogens is 1. The molecule has 1 unspecified atom stereocenters. The number of anilines is 1. The number of hydrogen-bond donors (Lipinski definition) is 1. The number of nitrogens with one attached hydrogen (secondary N) is 1. The van der Waals surface area contributed by atoms with Crippen LogP contribution < -0.4 is 10.2 Å². The van der Waals surface area contributed by atoms with E-state index in [4.69, 9.17) is 12.0 Å². The molecule has 2 aromatic carbocycles. The van der Waals surface area contributed by atoms with Gasteiger partial charge in [0.1, 0.15) is 0 Å².